The fraction of sp³-hybridized carbons (Fsp3) is 0.0667. The molecule has 0 saturated carbocycles. The summed E-state index contributed by atoms with van der Waals surface area (Å²) >= 11 is 0. The number of hydrogen-bond donors (Lipinski definition) is 2. The molecule has 0 aliphatic rings. The zero-order valence-corrected chi connectivity index (χ0v) is 13.0. The Bertz CT molecular complexity index is 991. The molecule has 0 unspecified atom stereocenters. The van der Waals surface area contributed by atoms with Crippen LogP contribution < -0.4 is 10.5 Å². The smallest absolute Gasteiger partial charge is 0.274 e. The minimum absolute atomic E-state index is 0.0125. The van der Waals surface area contributed by atoms with Crippen molar-refractivity contribution >= 4 is 27.3 Å². The Morgan fingerprint density at radius 1 is 1.17 bits per heavy atom. The van der Waals surface area contributed by atoms with Crippen LogP contribution in [0.4, 0.5) is 5.69 Å². The second-order valence-corrected chi connectivity index (χ2v) is 6.56. The van der Waals surface area contributed by atoms with Crippen LogP contribution in [-0.4, -0.2) is 23.7 Å². The van der Waals surface area contributed by atoms with E-state index in [2.05, 4.69) is 10.3 Å². The van der Waals surface area contributed by atoms with E-state index < -0.39 is 10.0 Å². The van der Waals surface area contributed by atoms with Crippen molar-refractivity contribution in [3.05, 3.63) is 60.0 Å². The number of carbonyl (C=O) groups is 1. The molecule has 2 aromatic heterocycles. The van der Waals surface area contributed by atoms with E-state index in [1.165, 1.54) is 24.3 Å². The molecule has 3 aromatic rings. The van der Waals surface area contributed by atoms with Crippen molar-refractivity contribution in [2.24, 2.45) is 5.14 Å². The predicted molar refractivity (Wildman–Crippen MR) is 85.7 cm³/mol. The first-order valence-corrected chi connectivity index (χ1v) is 8.29. The van der Waals surface area contributed by atoms with Crippen LogP contribution in [0, 0.1) is 6.92 Å². The number of pyridine rings is 1. The molecule has 8 heteroatoms. The van der Waals surface area contributed by atoms with Gasteiger partial charge >= 0.3 is 0 Å². The van der Waals surface area contributed by atoms with Crippen LogP contribution in [0.3, 0.4) is 0 Å². The summed E-state index contributed by atoms with van der Waals surface area (Å²) in [5.74, 6) is -0.329. The van der Waals surface area contributed by atoms with E-state index in [-0.39, 0.29) is 10.8 Å². The zero-order chi connectivity index (χ0) is 16.6. The van der Waals surface area contributed by atoms with Crippen molar-refractivity contribution in [1.82, 2.24) is 9.38 Å². The van der Waals surface area contributed by atoms with Gasteiger partial charge in [0.15, 0.2) is 0 Å². The number of fused-ring (bicyclic) bond motifs is 1. The van der Waals surface area contributed by atoms with E-state index in [9.17, 15) is 13.2 Å². The fourth-order valence-corrected chi connectivity index (χ4v) is 2.82. The molecule has 23 heavy (non-hydrogen) atoms. The van der Waals surface area contributed by atoms with Gasteiger partial charge in [0.05, 0.1) is 10.6 Å². The van der Waals surface area contributed by atoms with Crippen LogP contribution in [0.1, 0.15) is 16.2 Å². The summed E-state index contributed by atoms with van der Waals surface area (Å²) < 4.78 is 24.1. The van der Waals surface area contributed by atoms with Crippen LogP contribution in [0.2, 0.25) is 0 Å². The minimum Gasteiger partial charge on any atom is -0.321 e. The lowest BCUT2D eigenvalue weighted by molar-refractivity contribution is 0.102. The third-order valence-electron chi connectivity index (χ3n) is 3.36. The number of carbonyl (C=O) groups excluding carboxylic acids is 1. The number of benzene rings is 1. The second kappa shape index (κ2) is 5.49. The summed E-state index contributed by atoms with van der Waals surface area (Å²) in [5, 5.41) is 7.76. The van der Waals surface area contributed by atoms with Crippen LogP contribution in [0.25, 0.3) is 5.65 Å². The first-order valence-electron chi connectivity index (χ1n) is 6.74. The average molecular weight is 330 g/mol. The Hall–Kier alpha value is -2.71. The van der Waals surface area contributed by atoms with Gasteiger partial charge in [-0.25, -0.2) is 18.5 Å². The van der Waals surface area contributed by atoms with Gasteiger partial charge in [0.2, 0.25) is 10.0 Å². The molecule has 0 spiro atoms. The summed E-state index contributed by atoms with van der Waals surface area (Å²) in [7, 11) is -3.75. The number of aromatic nitrogens is 2. The maximum absolute atomic E-state index is 12.5. The van der Waals surface area contributed by atoms with Gasteiger partial charge in [-0.2, -0.15) is 0 Å². The molecule has 0 fully saturated rings. The minimum atomic E-state index is -3.75. The van der Waals surface area contributed by atoms with Crippen LogP contribution >= 0.6 is 0 Å². The van der Waals surface area contributed by atoms with Gasteiger partial charge in [-0.15, -0.1) is 0 Å². The summed E-state index contributed by atoms with van der Waals surface area (Å²) in [5.41, 5.74) is 2.18. The molecule has 0 bridgehead atoms. The number of imidazole rings is 1. The van der Waals surface area contributed by atoms with Gasteiger partial charge in [0.25, 0.3) is 5.91 Å². The van der Waals surface area contributed by atoms with Crippen molar-refractivity contribution in [1.29, 1.82) is 0 Å². The van der Waals surface area contributed by atoms with Crippen molar-refractivity contribution in [2.45, 2.75) is 11.8 Å². The highest BCUT2D eigenvalue weighted by Gasteiger charge is 2.16. The molecule has 7 nitrogen and oxygen atoms in total. The van der Waals surface area contributed by atoms with Crippen molar-refractivity contribution in [3.8, 4) is 0 Å². The van der Waals surface area contributed by atoms with E-state index >= 15 is 0 Å². The first-order chi connectivity index (χ1) is 10.9. The van der Waals surface area contributed by atoms with Crippen LogP contribution in [0.15, 0.2) is 53.6 Å². The Kier molecular flexibility index (Phi) is 3.63. The molecular formula is C15H14N4O3S. The highest BCUT2D eigenvalue weighted by atomic mass is 32.2. The number of nitrogens with zero attached hydrogens (tertiary/aromatic N) is 2. The van der Waals surface area contributed by atoms with Gasteiger partial charge in [-0.3, -0.25) is 9.20 Å². The molecule has 1 amide bonds. The monoisotopic (exact) mass is 330 g/mol. The van der Waals surface area contributed by atoms with Crippen molar-refractivity contribution in [2.75, 3.05) is 5.32 Å². The summed E-state index contributed by atoms with van der Waals surface area (Å²) in [4.78, 5) is 16.8. The number of hydrogen-bond acceptors (Lipinski definition) is 4. The van der Waals surface area contributed by atoms with E-state index in [1.54, 1.807) is 17.5 Å². The number of rotatable bonds is 3. The number of primary sulfonamides is 1. The number of nitrogens with one attached hydrogen (secondary N) is 1. The van der Waals surface area contributed by atoms with Crippen molar-refractivity contribution < 1.29 is 13.2 Å². The third-order valence-corrected chi connectivity index (χ3v) is 4.29. The molecule has 118 valence electrons. The lowest BCUT2D eigenvalue weighted by Crippen LogP contribution is -2.16. The number of sulfonamides is 1. The maximum atomic E-state index is 12.5. The Morgan fingerprint density at radius 3 is 2.52 bits per heavy atom. The number of nitrogens with two attached hydrogens (primary N) is 1. The van der Waals surface area contributed by atoms with Crippen LogP contribution in [0.5, 0.6) is 0 Å². The quantitative estimate of drug-likeness (QED) is 0.759. The molecule has 1 aromatic carbocycles. The second-order valence-electron chi connectivity index (χ2n) is 5.00. The highest BCUT2D eigenvalue weighted by Crippen LogP contribution is 2.16. The third kappa shape index (κ3) is 2.94. The van der Waals surface area contributed by atoms with Crippen LogP contribution in [-0.2, 0) is 10.0 Å². The highest BCUT2D eigenvalue weighted by molar-refractivity contribution is 7.89. The molecule has 3 N–H and O–H groups in total. The molecular weight excluding hydrogens is 316 g/mol. The zero-order valence-electron chi connectivity index (χ0n) is 12.2. The normalized spacial score (nSPS) is 11.6. The maximum Gasteiger partial charge on any atom is 0.274 e. The molecule has 0 saturated heterocycles. The molecule has 0 aliphatic heterocycles. The first kappa shape index (κ1) is 15.2. The Labute approximate surface area is 132 Å². The fourth-order valence-electron chi connectivity index (χ4n) is 2.31. The van der Waals surface area contributed by atoms with E-state index in [1.807, 2.05) is 18.2 Å². The SMILES string of the molecule is Cc1nc2ccccn2c1C(=O)Nc1ccc(S(N)(=O)=O)cc1. The standard InChI is InChI=1S/C15H14N4O3S/c1-10-14(19-9-3-2-4-13(19)17-10)15(20)18-11-5-7-12(8-6-11)23(16,21)22/h2-9H,1H3,(H,18,20)(H2,16,21,22). The van der Waals surface area contributed by atoms with Gasteiger partial charge < -0.3 is 5.32 Å². The molecule has 0 atom stereocenters. The van der Waals surface area contributed by atoms with Crippen molar-refractivity contribution in [3.63, 3.8) is 0 Å². The van der Waals surface area contributed by atoms with E-state index in [0.717, 1.165) is 0 Å². The van der Waals surface area contributed by atoms with E-state index in [4.69, 9.17) is 5.14 Å². The van der Waals surface area contributed by atoms with Gasteiger partial charge in [-0.05, 0) is 43.3 Å². The average Bonchev–Trinajstić information content (AvgIpc) is 2.82. The number of amides is 1. The summed E-state index contributed by atoms with van der Waals surface area (Å²) in [6, 6.07) is 11.1. The molecule has 0 aliphatic carbocycles. The molecule has 2 heterocycles. The van der Waals surface area contributed by atoms with Gasteiger partial charge in [0, 0.05) is 11.9 Å². The predicted octanol–water partition coefficient (Wildman–Crippen LogP) is 1.54. The lowest BCUT2D eigenvalue weighted by atomic mass is 10.3. The topological polar surface area (TPSA) is 107 Å². The molecule has 3 rings (SSSR count). The largest absolute Gasteiger partial charge is 0.321 e. The summed E-state index contributed by atoms with van der Waals surface area (Å²) in [6.45, 7) is 1.76. The molecule has 0 radical (unpaired) electrons. The van der Waals surface area contributed by atoms with Gasteiger partial charge in [0.1, 0.15) is 11.3 Å². The van der Waals surface area contributed by atoms with E-state index in [0.29, 0.717) is 22.7 Å². The van der Waals surface area contributed by atoms with Gasteiger partial charge in [-0.1, -0.05) is 6.07 Å². The number of anilines is 1. The summed E-state index contributed by atoms with van der Waals surface area (Å²) in [6.07, 6.45) is 1.76. The number of aryl methyl sites for hydroxylation is 1. The Morgan fingerprint density at radius 2 is 1.87 bits per heavy atom. The Balaban J connectivity index is 1.91. The lowest BCUT2D eigenvalue weighted by Gasteiger charge is -2.06.